The number of rotatable bonds is 5. The molecule has 0 saturated carbocycles. The monoisotopic (exact) mass is 409 g/mol. The normalized spacial score (nSPS) is 15.3. The van der Waals surface area contributed by atoms with Crippen LogP contribution in [0.15, 0.2) is 73.1 Å². The van der Waals surface area contributed by atoms with E-state index in [1.807, 2.05) is 65.8 Å². The third-order valence-corrected chi connectivity index (χ3v) is 5.71. The van der Waals surface area contributed by atoms with Gasteiger partial charge in [-0.2, -0.15) is 0 Å². The fourth-order valence-corrected chi connectivity index (χ4v) is 3.93. The molecule has 6 heteroatoms. The average molecular weight is 410 g/mol. The summed E-state index contributed by atoms with van der Waals surface area (Å²) in [5.74, 6) is 0.421. The highest BCUT2D eigenvalue weighted by molar-refractivity contribution is 6.30. The van der Waals surface area contributed by atoms with Crippen LogP contribution in [0.3, 0.4) is 0 Å². The topological polar surface area (TPSA) is 48.7 Å². The quantitative estimate of drug-likeness (QED) is 0.687. The molecule has 1 atom stereocenters. The first kappa shape index (κ1) is 19.4. The summed E-state index contributed by atoms with van der Waals surface area (Å²) in [7, 11) is 0. The van der Waals surface area contributed by atoms with Gasteiger partial charge in [0.2, 0.25) is 5.91 Å². The number of phenols is 1. The first-order valence-corrected chi connectivity index (χ1v) is 10.2. The molecular formula is C23H24ClN3O2. The second-order valence-corrected chi connectivity index (χ2v) is 7.72. The van der Waals surface area contributed by atoms with Gasteiger partial charge in [0, 0.05) is 49.3 Å². The van der Waals surface area contributed by atoms with Crippen LogP contribution in [0.1, 0.15) is 18.0 Å². The van der Waals surface area contributed by atoms with Crippen LogP contribution in [-0.4, -0.2) is 46.7 Å². The lowest BCUT2D eigenvalue weighted by Gasteiger charge is -2.37. The molecule has 0 spiro atoms. The average Bonchev–Trinajstić information content (AvgIpc) is 3.28. The molecule has 0 aliphatic carbocycles. The van der Waals surface area contributed by atoms with Gasteiger partial charge in [-0.3, -0.25) is 4.79 Å². The number of carbonyl (C=O) groups excluding carboxylic acids is 1. The Morgan fingerprint density at radius 2 is 1.55 bits per heavy atom. The third-order valence-electron chi connectivity index (χ3n) is 5.46. The number of amides is 1. The Morgan fingerprint density at radius 3 is 2.17 bits per heavy atom. The standard InChI is InChI=1S/C23H24ClN3O2/c24-19-5-3-18(4-6-19)22(26-11-1-2-12-26)17-23(29)27-15-13-25(14-16-27)20-7-9-21(28)10-8-20/h1-12,22,28H,13-17H2/t22-/m0/s1. The van der Waals surface area contributed by atoms with E-state index in [0.29, 0.717) is 24.5 Å². The third kappa shape index (κ3) is 4.57. The number of halogens is 1. The minimum absolute atomic E-state index is 0.0510. The van der Waals surface area contributed by atoms with Crippen molar-refractivity contribution in [3.63, 3.8) is 0 Å². The van der Waals surface area contributed by atoms with E-state index in [1.165, 1.54) is 0 Å². The van der Waals surface area contributed by atoms with Gasteiger partial charge >= 0.3 is 0 Å². The maximum Gasteiger partial charge on any atom is 0.225 e. The molecule has 2 aromatic carbocycles. The van der Waals surface area contributed by atoms with E-state index in [1.54, 1.807) is 12.1 Å². The summed E-state index contributed by atoms with van der Waals surface area (Å²) in [4.78, 5) is 17.3. The van der Waals surface area contributed by atoms with Crippen LogP contribution in [0.4, 0.5) is 5.69 Å². The van der Waals surface area contributed by atoms with Gasteiger partial charge in [0.15, 0.2) is 0 Å². The van der Waals surface area contributed by atoms with Gasteiger partial charge in [-0.15, -0.1) is 0 Å². The molecular weight excluding hydrogens is 386 g/mol. The molecule has 1 amide bonds. The van der Waals surface area contributed by atoms with E-state index >= 15 is 0 Å². The van der Waals surface area contributed by atoms with Gasteiger partial charge < -0.3 is 19.5 Å². The number of benzene rings is 2. The second kappa shape index (κ2) is 8.62. The first-order chi connectivity index (χ1) is 14.1. The molecule has 29 heavy (non-hydrogen) atoms. The van der Waals surface area contributed by atoms with E-state index in [0.717, 1.165) is 24.3 Å². The Hall–Kier alpha value is -2.92. The van der Waals surface area contributed by atoms with E-state index in [2.05, 4.69) is 9.47 Å². The van der Waals surface area contributed by atoms with Crippen molar-refractivity contribution in [1.82, 2.24) is 9.47 Å². The van der Waals surface area contributed by atoms with Crippen LogP contribution < -0.4 is 4.90 Å². The molecule has 1 aliphatic rings. The van der Waals surface area contributed by atoms with E-state index in [4.69, 9.17) is 11.6 Å². The van der Waals surface area contributed by atoms with Crippen molar-refractivity contribution in [2.45, 2.75) is 12.5 Å². The highest BCUT2D eigenvalue weighted by Gasteiger charge is 2.25. The van der Waals surface area contributed by atoms with Gasteiger partial charge in [0.25, 0.3) is 0 Å². The van der Waals surface area contributed by atoms with E-state index in [-0.39, 0.29) is 17.7 Å². The fraction of sp³-hybridized carbons (Fsp3) is 0.261. The Kier molecular flexibility index (Phi) is 5.76. The van der Waals surface area contributed by atoms with Crippen molar-refractivity contribution in [2.75, 3.05) is 31.1 Å². The molecule has 2 heterocycles. The van der Waals surface area contributed by atoms with Crippen molar-refractivity contribution >= 4 is 23.2 Å². The molecule has 0 bridgehead atoms. The summed E-state index contributed by atoms with van der Waals surface area (Å²) >= 11 is 6.04. The maximum atomic E-state index is 13.1. The molecule has 1 N–H and O–H groups in total. The summed E-state index contributed by atoms with van der Waals surface area (Å²) < 4.78 is 2.08. The Balaban J connectivity index is 1.42. The van der Waals surface area contributed by atoms with Gasteiger partial charge in [0.1, 0.15) is 5.75 Å². The summed E-state index contributed by atoms with van der Waals surface area (Å²) in [5.41, 5.74) is 2.14. The molecule has 1 aromatic heterocycles. The van der Waals surface area contributed by atoms with Gasteiger partial charge in [-0.25, -0.2) is 0 Å². The number of nitrogens with zero attached hydrogens (tertiary/aromatic N) is 3. The van der Waals surface area contributed by atoms with Gasteiger partial charge in [0.05, 0.1) is 12.5 Å². The molecule has 1 saturated heterocycles. The Morgan fingerprint density at radius 1 is 0.931 bits per heavy atom. The highest BCUT2D eigenvalue weighted by atomic mass is 35.5. The van der Waals surface area contributed by atoms with E-state index < -0.39 is 0 Å². The van der Waals surface area contributed by atoms with Crippen LogP contribution in [0.2, 0.25) is 5.02 Å². The Bertz CT molecular complexity index is 931. The minimum Gasteiger partial charge on any atom is -0.508 e. The maximum absolute atomic E-state index is 13.1. The summed E-state index contributed by atoms with van der Waals surface area (Å²) in [6.45, 7) is 2.95. The number of aromatic nitrogens is 1. The number of carbonyl (C=O) groups is 1. The number of anilines is 1. The zero-order valence-corrected chi connectivity index (χ0v) is 16.9. The molecule has 3 aromatic rings. The van der Waals surface area contributed by atoms with E-state index in [9.17, 15) is 9.90 Å². The Labute approximate surface area is 175 Å². The summed E-state index contributed by atoms with van der Waals surface area (Å²) in [6, 6.07) is 18.8. The molecule has 150 valence electrons. The molecule has 0 unspecified atom stereocenters. The second-order valence-electron chi connectivity index (χ2n) is 7.29. The SMILES string of the molecule is O=C(C[C@@H](c1ccc(Cl)cc1)n1cccc1)N1CCN(c2ccc(O)cc2)CC1. The molecule has 1 aliphatic heterocycles. The number of phenolic OH excluding ortho intramolecular Hbond substituents is 1. The number of hydrogen-bond acceptors (Lipinski definition) is 3. The lowest BCUT2D eigenvalue weighted by molar-refractivity contribution is -0.132. The number of hydrogen-bond donors (Lipinski definition) is 1. The van der Waals surface area contributed by atoms with Gasteiger partial charge in [-0.05, 0) is 54.1 Å². The lowest BCUT2D eigenvalue weighted by atomic mass is 10.0. The smallest absolute Gasteiger partial charge is 0.225 e. The predicted octanol–water partition coefficient (Wildman–Crippen LogP) is 4.18. The molecule has 4 rings (SSSR count). The highest BCUT2D eigenvalue weighted by Crippen LogP contribution is 2.26. The van der Waals surface area contributed by atoms with Crippen LogP contribution in [0.5, 0.6) is 5.75 Å². The summed E-state index contributed by atoms with van der Waals surface area (Å²) in [6.07, 6.45) is 4.40. The van der Waals surface area contributed by atoms with Crippen LogP contribution in [0, 0.1) is 0 Å². The zero-order valence-electron chi connectivity index (χ0n) is 16.1. The summed E-state index contributed by atoms with van der Waals surface area (Å²) in [5, 5.41) is 10.2. The molecule has 5 nitrogen and oxygen atoms in total. The van der Waals surface area contributed by atoms with Crippen molar-refractivity contribution in [3.8, 4) is 5.75 Å². The van der Waals surface area contributed by atoms with Crippen LogP contribution in [-0.2, 0) is 4.79 Å². The van der Waals surface area contributed by atoms with Crippen LogP contribution in [0.25, 0.3) is 0 Å². The largest absolute Gasteiger partial charge is 0.508 e. The van der Waals surface area contributed by atoms with Crippen molar-refractivity contribution in [3.05, 3.63) is 83.6 Å². The lowest BCUT2D eigenvalue weighted by Crippen LogP contribution is -2.49. The van der Waals surface area contributed by atoms with Crippen molar-refractivity contribution in [2.24, 2.45) is 0 Å². The number of aromatic hydroxyl groups is 1. The van der Waals surface area contributed by atoms with Crippen molar-refractivity contribution < 1.29 is 9.90 Å². The van der Waals surface area contributed by atoms with Crippen molar-refractivity contribution in [1.29, 1.82) is 0 Å². The minimum atomic E-state index is -0.0510. The molecule has 1 fully saturated rings. The van der Waals surface area contributed by atoms with Crippen LogP contribution >= 0.6 is 11.6 Å². The predicted molar refractivity (Wildman–Crippen MR) is 116 cm³/mol. The molecule has 0 radical (unpaired) electrons. The van der Waals surface area contributed by atoms with Gasteiger partial charge in [-0.1, -0.05) is 23.7 Å². The first-order valence-electron chi connectivity index (χ1n) is 9.80. The zero-order chi connectivity index (χ0) is 20.2. The fourth-order valence-electron chi connectivity index (χ4n) is 3.81. The number of piperazine rings is 1.